The molecule has 0 aliphatic carbocycles. The third-order valence-corrected chi connectivity index (χ3v) is 6.27. The molecular formula is C28H27ClN4O2. The zero-order valence-corrected chi connectivity index (χ0v) is 20.2. The largest absolute Gasteiger partial charge is 0.357 e. The van der Waals surface area contributed by atoms with Crippen LogP contribution in [0.1, 0.15) is 22.4 Å². The van der Waals surface area contributed by atoms with Crippen LogP contribution in [0, 0.1) is 0 Å². The van der Waals surface area contributed by atoms with E-state index in [1.807, 2.05) is 60.8 Å². The van der Waals surface area contributed by atoms with E-state index in [-0.39, 0.29) is 18.2 Å². The Morgan fingerprint density at radius 1 is 0.886 bits per heavy atom. The van der Waals surface area contributed by atoms with Crippen LogP contribution < -0.4 is 10.6 Å². The molecule has 1 atom stereocenters. The normalized spacial score (nSPS) is 12.1. The van der Waals surface area contributed by atoms with E-state index >= 15 is 0 Å². The Bertz CT molecular complexity index is 1160. The lowest BCUT2D eigenvalue weighted by Crippen LogP contribution is -2.47. The second-order valence-corrected chi connectivity index (χ2v) is 8.42. The van der Waals surface area contributed by atoms with Crippen molar-refractivity contribution in [2.24, 2.45) is 0 Å². The van der Waals surface area contributed by atoms with Crippen molar-refractivity contribution in [3.63, 3.8) is 0 Å². The molecule has 0 aliphatic heterocycles. The van der Waals surface area contributed by atoms with Gasteiger partial charge in [-0.1, -0.05) is 91.0 Å². The lowest BCUT2D eigenvalue weighted by atomic mass is 9.77. The summed E-state index contributed by atoms with van der Waals surface area (Å²) in [6.45, 7) is 0. The fourth-order valence-corrected chi connectivity index (χ4v) is 4.54. The molecule has 0 unspecified atom stereocenters. The van der Waals surface area contributed by atoms with Crippen molar-refractivity contribution in [3.8, 4) is 0 Å². The number of amides is 2. The van der Waals surface area contributed by atoms with Gasteiger partial charge in [-0.15, -0.1) is 11.6 Å². The van der Waals surface area contributed by atoms with Crippen molar-refractivity contribution in [3.05, 3.63) is 126 Å². The minimum absolute atomic E-state index is 0.221. The molecule has 2 amide bonds. The number of carbonyl (C=O) groups excluding carboxylic acids is 2. The molecule has 4 rings (SSSR count). The van der Waals surface area contributed by atoms with Crippen LogP contribution in [0.5, 0.6) is 0 Å². The first-order chi connectivity index (χ1) is 17.1. The number of rotatable bonds is 9. The van der Waals surface area contributed by atoms with Crippen LogP contribution >= 0.6 is 11.6 Å². The van der Waals surface area contributed by atoms with Crippen LogP contribution in [0.15, 0.2) is 104 Å². The van der Waals surface area contributed by atoms with Crippen molar-refractivity contribution in [1.29, 1.82) is 0 Å². The average molecular weight is 487 g/mol. The molecule has 4 aromatic rings. The van der Waals surface area contributed by atoms with Crippen molar-refractivity contribution in [1.82, 2.24) is 20.2 Å². The average Bonchev–Trinajstić information content (AvgIpc) is 3.38. The molecule has 0 bridgehead atoms. The summed E-state index contributed by atoms with van der Waals surface area (Å²) >= 11 is 5.65. The summed E-state index contributed by atoms with van der Waals surface area (Å²) < 4.78 is 2.08. The van der Waals surface area contributed by atoms with Crippen molar-refractivity contribution >= 4 is 23.4 Å². The standard InChI is InChI=1S/C28H27ClN4O2/c1-30-27(35)25(32-26(34)18-29)17-24-19-33(20-31-24)28(21-11-5-2-6-12-21,22-13-7-3-8-14-22)23-15-9-4-10-16-23/h2-16,19-20,25H,17-18H2,1H3,(H,30,35)(H,32,34)/t25-/m0/s1. The Labute approximate surface area is 210 Å². The molecule has 7 heteroatoms. The number of benzene rings is 3. The maximum Gasteiger partial charge on any atom is 0.242 e. The van der Waals surface area contributed by atoms with Gasteiger partial charge >= 0.3 is 0 Å². The van der Waals surface area contributed by atoms with E-state index in [0.29, 0.717) is 5.69 Å². The van der Waals surface area contributed by atoms with E-state index in [0.717, 1.165) is 16.7 Å². The maximum absolute atomic E-state index is 12.4. The molecule has 0 aliphatic rings. The molecule has 2 N–H and O–H groups in total. The lowest BCUT2D eigenvalue weighted by Gasteiger charge is -2.37. The van der Waals surface area contributed by atoms with Crippen molar-refractivity contribution < 1.29 is 9.59 Å². The van der Waals surface area contributed by atoms with Gasteiger partial charge in [-0.2, -0.15) is 0 Å². The van der Waals surface area contributed by atoms with E-state index in [1.165, 1.54) is 7.05 Å². The SMILES string of the molecule is CNC(=O)[C@H](Cc1cn(C(c2ccccc2)(c2ccccc2)c2ccccc2)cn1)NC(=O)CCl. The van der Waals surface area contributed by atoms with Crippen LogP contribution in [-0.2, 0) is 21.5 Å². The Balaban J connectivity index is 1.86. The first-order valence-electron chi connectivity index (χ1n) is 11.4. The molecule has 0 saturated heterocycles. The first-order valence-corrected chi connectivity index (χ1v) is 11.9. The van der Waals surface area contributed by atoms with Crippen LogP contribution in [0.4, 0.5) is 0 Å². The number of nitrogens with one attached hydrogen (secondary N) is 2. The van der Waals surface area contributed by atoms with E-state index in [2.05, 4.69) is 56.6 Å². The van der Waals surface area contributed by atoms with Gasteiger partial charge in [-0.05, 0) is 16.7 Å². The number of likely N-dealkylation sites (N-methyl/N-ethyl adjacent to an activating group) is 1. The Hall–Kier alpha value is -3.90. The van der Waals surface area contributed by atoms with Gasteiger partial charge in [-0.25, -0.2) is 4.98 Å². The number of nitrogens with zero attached hydrogens (tertiary/aromatic N) is 2. The number of imidazole rings is 1. The molecule has 0 saturated carbocycles. The first kappa shape index (κ1) is 24.2. The number of hydrogen-bond acceptors (Lipinski definition) is 3. The maximum atomic E-state index is 12.4. The van der Waals surface area contributed by atoms with E-state index in [4.69, 9.17) is 11.6 Å². The summed E-state index contributed by atoms with van der Waals surface area (Å²) in [6, 6.07) is 30.0. The smallest absolute Gasteiger partial charge is 0.242 e. The second-order valence-electron chi connectivity index (χ2n) is 8.15. The molecule has 1 heterocycles. The van der Waals surface area contributed by atoms with Crippen LogP contribution in [-0.4, -0.2) is 40.3 Å². The second kappa shape index (κ2) is 11.0. The topological polar surface area (TPSA) is 76.0 Å². The Kier molecular flexibility index (Phi) is 7.63. The summed E-state index contributed by atoms with van der Waals surface area (Å²) in [4.78, 5) is 29.0. The molecule has 6 nitrogen and oxygen atoms in total. The molecule has 0 spiro atoms. The molecule has 0 radical (unpaired) electrons. The van der Waals surface area contributed by atoms with Crippen molar-refractivity contribution in [2.45, 2.75) is 18.0 Å². The predicted molar refractivity (Wildman–Crippen MR) is 137 cm³/mol. The molecule has 1 aromatic heterocycles. The van der Waals surface area contributed by atoms with Crippen LogP contribution in [0.3, 0.4) is 0 Å². The molecule has 178 valence electrons. The van der Waals surface area contributed by atoms with Gasteiger partial charge in [0.05, 0.1) is 12.0 Å². The van der Waals surface area contributed by atoms with E-state index < -0.39 is 17.5 Å². The summed E-state index contributed by atoms with van der Waals surface area (Å²) in [5.41, 5.74) is 3.18. The highest BCUT2D eigenvalue weighted by Crippen LogP contribution is 2.40. The number of halogens is 1. The van der Waals surface area contributed by atoms with Gasteiger partial charge < -0.3 is 15.2 Å². The van der Waals surface area contributed by atoms with Gasteiger partial charge in [0.15, 0.2) is 0 Å². The highest BCUT2D eigenvalue weighted by atomic mass is 35.5. The number of alkyl halides is 1. The molecule has 3 aromatic carbocycles. The predicted octanol–water partition coefficient (Wildman–Crippen LogP) is 3.74. The van der Waals surface area contributed by atoms with Gasteiger partial charge in [0.25, 0.3) is 0 Å². The van der Waals surface area contributed by atoms with Crippen LogP contribution in [0.25, 0.3) is 0 Å². The minimum Gasteiger partial charge on any atom is -0.357 e. The lowest BCUT2D eigenvalue weighted by molar-refractivity contribution is -0.127. The third kappa shape index (κ3) is 4.98. The molecule has 35 heavy (non-hydrogen) atoms. The zero-order valence-electron chi connectivity index (χ0n) is 19.4. The van der Waals surface area contributed by atoms with Gasteiger partial charge in [0.1, 0.15) is 17.5 Å². The Morgan fingerprint density at radius 2 is 1.37 bits per heavy atom. The van der Waals surface area contributed by atoms with Gasteiger partial charge in [-0.3, -0.25) is 9.59 Å². The zero-order chi connectivity index (χ0) is 24.7. The quantitative estimate of drug-likeness (QED) is 0.279. The summed E-state index contributed by atoms with van der Waals surface area (Å²) in [5.74, 6) is -0.938. The highest BCUT2D eigenvalue weighted by Gasteiger charge is 2.38. The van der Waals surface area contributed by atoms with Crippen molar-refractivity contribution in [2.75, 3.05) is 12.9 Å². The molecular weight excluding hydrogens is 460 g/mol. The summed E-state index contributed by atoms with van der Waals surface area (Å²) in [7, 11) is 1.53. The number of hydrogen-bond donors (Lipinski definition) is 2. The summed E-state index contributed by atoms with van der Waals surface area (Å²) in [6.07, 6.45) is 3.95. The summed E-state index contributed by atoms with van der Waals surface area (Å²) in [5, 5.41) is 5.27. The third-order valence-electron chi connectivity index (χ3n) is 6.03. The van der Waals surface area contributed by atoms with E-state index in [9.17, 15) is 9.59 Å². The number of aromatic nitrogens is 2. The highest BCUT2D eigenvalue weighted by molar-refractivity contribution is 6.27. The van der Waals surface area contributed by atoms with Gasteiger partial charge in [0.2, 0.25) is 11.8 Å². The van der Waals surface area contributed by atoms with Gasteiger partial charge in [0, 0.05) is 19.7 Å². The monoisotopic (exact) mass is 486 g/mol. The minimum atomic E-state index is -0.783. The number of carbonyl (C=O) groups is 2. The Morgan fingerprint density at radius 3 is 1.80 bits per heavy atom. The van der Waals surface area contributed by atoms with Crippen LogP contribution in [0.2, 0.25) is 0 Å². The fourth-order valence-electron chi connectivity index (χ4n) is 4.46. The van der Waals surface area contributed by atoms with E-state index in [1.54, 1.807) is 6.33 Å². The fraction of sp³-hybridized carbons (Fsp3) is 0.179. The molecule has 0 fully saturated rings.